The van der Waals surface area contributed by atoms with Gasteiger partial charge in [-0.05, 0) is 47.9 Å². The molecule has 14 heteroatoms. The first kappa shape index (κ1) is 31.9. The Labute approximate surface area is 237 Å². The molecule has 3 rings (SSSR count). The van der Waals surface area contributed by atoms with Crippen molar-refractivity contribution in [1.29, 1.82) is 0 Å². The molecule has 0 aliphatic heterocycles. The van der Waals surface area contributed by atoms with Crippen molar-refractivity contribution >= 4 is 20.2 Å². The highest BCUT2D eigenvalue weighted by Crippen LogP contribution is 2.52. The lowest BCUT2D eigenvalue weighted by Gasteiger charge is -2.21. The van der Waals surface area contributed by atoms with Crippen LogP contribution in [0.4, 0.5) is 13.2 Å². The molecule has 3 aromatic carbocycles. The van der Waals surface area contributed by atoms with E-state index in [1.165, 1.54) is 50.6 Å². The fourth-order valence-corrected chi connectivity index (χ4v) is 4.82. The van der Waals surface area contributed by atoms with Crippen LogP contribution in [0.25, 0.3) is 22.3 Å². The third-order valence-electron chi connectivity index (χ3n) is 5.59. The van der Waals surface area contributed by atoms with Gasteiger partial charge in [-0.15, -0.1) is 0 Å². The molecular weight excluding hydrogens is 589 g/mol. The Kier molecular flexibility index (Phi) is 9.70. The Morgan fingerprint density at radius 1 is 0.756 bits per heavy atom. The number of hydrogen-bond acceptors (Lipinski definition) is 9. The van der Waals surface area contributed by atoms with Gasteiger partial charge in [-0.25, -0.2) is 0 Å². The molecular formula is C27H29F3O9S2. The molecule has 0 bridgehead atoms. The van der Waals surface area contributed by atoms with Crippen LogP contribution < -0.4 is 22.6 Å². The Bertz CT molecular complexity index is 1620. The van der Waals surface area contributed by atoms with E-state index in [4.69, 9.17) is 22.6 Å². The monoisotopic (exact) mass is 618 g/mol. The molecule has 0 atom stereocenters. The zero-order valence-electron chi connectivity index (χ0n) is 22.9. The Morgan fingerprint density at radius 2 is 1.44 bits per heavy atom. The van der Waals surface area contributed by atoms with Crippen LogP contribution in [0.3, 0.4) is 0 Å². The van der Waals surface area contributed by atoms with Gasteiger partial charge >= 0.3 is 26.4 Å². The first-order chi connectivity index (χ1) is 19.1. The molecule has 41 heavy (non-hydrogen) atoms. The summed E-state index contributed by atoms with van der Waals surface area (Å²) in [6.07, 6.45) is -1.50. The van der Waals surface area contributed by atoms with Crippen molar-refractivity contribution in [3.63, 3.8) is 0 Å². The van der Waals surface area contributed by atoms with E-state index >= 15 is 0 Å². The van der Waals surface area contributed by atoms with Crippen LogP contribution in [0.15, 0.2) is 48.5 Å². The summed E-state index contributed by atoms with van der Waals surface area (Å²) in [6, 6.07) is 9.93. The van der Waals surface area contributed by atoms with E-state index in [0.717, 1.165) is 31.1 Å². The average molecular weight is 619 g/mol. The van der Waals surface area contributed by atoms with Gasteiger partial charge in [-0.3, -0.25) is 0 Å². The van der Waals surface area contributed by atoms with E-state index in [0.29, 0.717) is 6.42 Å². The van der Waals surface area contributed by atoms with Crippen molar-refractivity contribution in [2.75, 3.05) is 33.3 Å². The Hall–Kier alpha value is -3.65. The molecule has 0 unspecified atom stereocenters. The van der Waals surface area contributed by atoms with E-state index in [-0.39, 0.29) is 51.9 Å². The van der Waals surface area contributed by atoms with Gasteiger partial charge in [0.15, 0.2) is 23.0 Å². The lowest BCUT2D eigenvalue weighted by molar-refractivity contribution is -0.137. The Balaban J connectivity index is 2.36. The molecule has 0 saturated carbocycles. The molecule has 0 fully saturated rings. The van der Waals surface area contributed by atoms with Gasteiger partial charge in [0.05, 0.1) is 44.5 Å². The number of alkyl halides is 3. The zero-order valence-corrected chi connectivity index (χ0v) is 24.5. The zero-order chi connectivity index (χ0) is 30.6. The average Bonchev–Trinajstić information content (AvgIpc) is 2.86. The summed E-state index contributed by atoms with van der Waals surface area (Å²) in [7, 11) is -5.77. The maximum absolute atomic E-state index is 13.5. The normalized spacial score (nSPS) is 12.1. The standard InChI is InChI=1S/C27H29F3O9S2/c1-6-7-13-37-21-12-11-18(15-22(21)38-40(4,31)32)24-23(35-2)16-20(25(36-3)26(24)39-41(5,33)34)17-9-8-10-19(14-17)27(28,29)30/h8-12,14-16H,6-7,13H2,1-5H3. The van der Waals surface area contributed by atoms with Gasteiger partial charge in [0.1, 0.15) is 5.75 Å². The van der Waals surface area contributed by atoms with E-state index in [9.17, 15) is 30.0 Å². The number of hydrogen-bond donors (Lipinski definition) is 0. The van der Waals surface area contributed by atoms with Gasteiger partial charge in [-0.1, -0.05) is 31.5 Å². The quantitative estimate of drug-likeness (QED) is 0.180. The minimum absolute atomic E-state index is 0.00367. The van der Waals surface area contributed by atoms with E-state index in [2.05, 4.69) is 0 Å². The number of benzene rings is 3. The van der Waals surface area contributed by atoms with Crippen molar-refractivity contribution < 1.29 is 52.6 Å². The predicted molar refractivity (Wildman–Crippen MR) is 147 cm³/mol. The fraction of sp³-hybridized carbons (Fsp3) is 0.333. The van der Waals surface area contributed by atoms with Crippen molar-refractivity contribution in [3.8, 4) is 51.0 Å². The van der Waals surface area contributed by atoms with Gasteiger partial charge in [0, 0.05) is 5.56 Å². The lowest BCUT2D eigenvalue weighted by atomic mass is 9.95. The van der Waals surface area contributed by atoms with Crippen molar-refractivity contribution in [1.82, 2.24) is 0 Å². The number of rotatable bonds is 12. The molecule has 0 saturated heterocycles. The number of methoxy groups -OCH3 is 2. The van der Waals surface area contributed by atoms with Crippen LogP contribution in [0.5, 0.6) is 28.7 Å². The van der Waals surface area contributed by atoms with Crippen LogP contribution in [0.2, 0.25) is 0 Å². The number of unbranched alkanes of at least 4 members (excludes halogenated alkanes) is 1. The molecule has 9 nitrogen and oxygen atoms in total. The summed E-state index contributed by atoms with van der Waals surface area (Å²) in [5.74, 6) is -0.688. The molecule has 224 valence electrons. The Morgan fingerprint density at radius 3 is 2.00 bits per heavy atom. The van der Waals surface area contributed by atoms with Gasteiger partial charge < -0.3 is 22.6 Å². The van der Waals surface area contributed by atoms with E-state index in [1.54, 1.807) is 0 Å². The summed E-state index contributed by atoms with van der Waals surface area (Å²) < 4.78 is 116. The van der Waals surface area contributed by atoms with Crippen molar-refractivity contribution in [2.24, 2.45) is 0 Å². The number of ether oxygens (including phenoxy) is 3. The molecule has 0 N–H and O–H groups in total. The topological polar surface area (TPSA) is 114 Å². The summed E-state index contributed by atoms with van der Waals surface area (Å²) in [6.45, 7) is 2.23. The first-order valence-corrected chi connectivity index (χ1v) is 15.7. The summed E-state index contributed by atoms with van der Waals surface area (Å²) in [5.41, 5.74) is -0.669. The highest BCUT2D eigenvalue weighted by molar-refractivity contribution is 7.86. The highest BCUT2D eigenvalue weighted by atomic mass is 32.2. The van der Waals surface area contributed by atoms with Crippen LogP contribution in [0, 0.1) is 0 Å². The summed E-state index contributed by atoms with van der Waals surface area (Å²) in [4.78, 5) is 0. The molecule has 0 aromatic heterocycles. The van der Waals surface area contributed by atoms with Crippen LogP contribution in [-0.4, -0.2) is 50.2 Å². The van der Waals surface area contributed by atoms with Crippen LogP contribution >= 0.6 is 0 Å². The summed E-state index contributed by atoms with van der Waals surface area (Å²) >= 11 is 0. The van der Waals surface area contributed by atoms with E-state index in [1.807, 2.05) is 6.92 Å². The highest BCUT2D eigenvalue weighted by Gasteiger charge is 2.32. The lowest BCUT2D eigenvalue weighted by Crippen LogP contribution is -2.10. The molecule has 3 aromatic rings. The SMILES string of the molecule is CCCCOc1ccc(-c2c(OC)cc(-c3cccc(C(F)(F)F)c3)c(OC)c2OS(C)(=O)=O)cc1OS(C)(=O)=O. The second-order valence-corrected chi connectivity index (χ2v) is 12.0. The van der Waals surface area contributed by atoms with Gasteiger partial charge in [0.25, 0.3) is 0 Å². The maximum atomic E-state index is 13.5. The second-order valence-electron chi connectivity index (χ2n) is 8.88. The minimum Gasteiger partial charge on any atom is -0.496 e. The number of halogens is 3. The molecule has 0 heterocycles. The third-order valence-corrected chi connectivity index (χ3v) is 6.54. The van der Waals surface area contributed by atoms with Crippen LogP contribution in [0.1, 0.15) is 25.3 Å². The molecule has 0 spiro atoms. The maximum Gasteiger partial charge on any atom is 0.416 e. The largest absolute Gasteiger partial charge is 0.496 e. The first-order valence-electron chi connectivity index (χ1n) is 12.1. The van der Waals surface area contributed by atoms with Crippen LogP contribution in [-0.2, 0) is 26.4 Å². The smallest absolute Gasteiger partial charge is 0.416 e. The van der Waals surface area contributed by atoms with E-state index < -0.39 is 37.7 Å². The second kappa shape index (κ2) is 12.5. The van der Waals surface area contributed by atoms with Crippen molar-refractivity contribution in [2.45, 2.75) is 25.9 Å². The molecule has 0 aliphatic rings. The predicted octanol–water partition coefficient (Wildman–Crippen LogP) is 5.91. The molecule has 0 radical (unpaired) electrons. The van der Waals surface area contributed by atoms with Gasteiger partial charge in [-0.2, -0.15) is 30.0 Å². The van der Waals surface area contributed by atoms with Crippen molar-refractivity contribution in [3.05, 3.63) is 54.1 Å². The fourth-order valence-electron chi connectivity index (χ4n) is 3.90. The molecule has 0 aliphatic carbocycles. The van der Waals surface area contributed by atoms with Gasteiger partial charge in [0.2, 0.25) is 0 Å². The molecule has 0 amide bonds. The summed E-state index contributed by atoms with van der Waals surface area (Å²) in [5, 5.41) is 0. The third kappa shape index (κ3) is 8.19. The minimum atomic E-state index is -4.64.